The second-order valence-corrected chi connectivity index (χ2v) is 6.95. The average Bonchev–Trinajstić information content (AvgIpc) is 2.57. The molecular weight excluding hydrogens is 276 g/mol. The largest absolute Gasteiger partial charge is 0.356 e. The quantitative estimate of drug-likeness (QED) is 0.881. The summed E-state index contributed by atoms with van der Waals surface area (Å²) in [5, 5.41) is 2.75. The number of benzene rings is 1. The molecule has 2 rings (SSSR count). The summed E-state index contributed by atoms with van der Waals surface area (Å²) in [5.41, 5.74) is 1.64. The molecule has 1 unspecified atom stereocenters. The highest BCUT2D eigenvalue weighted by Crippen LogP contribution is 2.18. The lowest BCUT2D eigenvalue weighted by atomic mass is 10.1. The molecule has 1 amide bonds. The number of hydrogen-bond acceptors (Lipinski definition) is 3. The zero-order chi connectivity index (χ0) is 14.8. The number of rotatable bonds is 3. The lowest BCUT2D eigenvalue weighted by Gasteiger charge is -2.17. The van der Waals surface area contributed by atoms with E-state index in [0.29, 0.717) is 30.7 Å². The Balaban J connectivity index is 2.18. The van der Waals surface area contributed by atoms with Gasteiger partial charge in [0.1, 0.15) is 0 Å². The van der Waals surface area contributed by atoms with Crippen molar-refractivity contribution >= 4 is 15.9 Å². The van der Waals surface area contributed by atoms with Crippen LogP contribution in [0.1, 0.15) is 30.4 Å². The first kappa shape index (κ1) is 15.0. The molecular formula is C14H20N2O3S. The molecule has 1 saturated heterocycles. The van der Waals surface area contributed by atoms with E-state index in [-0.39, 0.29) is 11.9 Å². The first-order valence-electron chi connectivity index (χ1n) is 6.75. The van der Waals surface area contributed by atoms with Gasteiger partial charge in [-0.2, -0.15) is 0 Å². The van der Waals surface area contributed by atoms with Gasteiger partial charge in [0, 0.05) is 19.0 Å². The minimum absolute atomic E-state index is 0.0153. The van der Waals surface area contributed by atoms with E-state index in [4.69, 9.17) is 0 Å². The van der Waals surface area contributed by atoms with Gasteiger partial charge in [0.15, 0.2) is 0 Å². The Morgan fingerprint density at radius 1 is 1.25 bits per heavy atom. The first-order valence-corrected chi connectivity index (χ1v) is 8.23. The number of aryl methyl sites for hydroxylation is 2. The molecule has 2 N–H and O–H groups in total. The van der Waals surface area contributed by atoms with Crippen molar-refractivity contribution in [2.45, 2.75) is 44.0 Å². The minimum Gasteiger partial charge on any atom is -0.356 e. The van der Waals surface area contributed by atoms with Gasteiger partial charge >= 0.3 is 0 Å². The van der Waals surface area contributed by atoms with Gasteiger partial charge in [-0.1, -0.05) is 12.1 Å². The van der Waals surface area contributed by atoms with Crippen molar-refractivity contribution < 1.29 is 13.2 Å². The lowest BCUT2D eigenvalue weighted by molar-refractivity contribution is -0.120. The predicted octanol–water partition coefficient (Wildman–Crippen LogP) is 1.25. The summed E-state index contributed by atoms with van der Waals surface area (Å²) in [6.07, 6.45) is 1.52. The van der Waals surface area contributed by atoms with Crippen molar-refractivity contribution in [2.75, 3.05) is 6.54 Å². The van der Waals surface area contributed by atoms with Gasteiger partial charge in [0.2, 0.25) is 15.9 Å². The predicted molar refractivity (Wildman–Crippen MR) is 76.9 cm³/mol. The molecule has 1 heterocycles. The van der Waals surface area contributed by atoms with Crippen molar-refractivity contribution in [1.29, 1.82) is 0 Å². The van der Waals surface area contributed by atoms with Crippen LogP contribution in [0, 0.1) is 13.8 Å². The smallest absolute Gasteiger partial charge is 0.241 e. The number of carbonyl (C=O) groups excluding carboxylic acids is 1. The van der Waals surface area contributed by atoms with E-state index in [1.54, 1.807) is 13.0 Å². The minimum atomic E-state index is -3.54. The van der Waals surface area contributed by atoms with E-state index in [9.17, 15) is 13.2 Å². The maximum atomic E-state index is 12.5. The molecule has 0 saturated carbocycles. The molecule has 5 nitrogen and oxygen atoms in total. The summed E-state index contributed by atoms with van der Waals surface area (Å²) < 4.78 is 27.6. The monoisotopic (exact) mass is 296 g/mol. The van der Waals surface area contributed by atoms with Crippen LogP contribution in [-0.4, -0.2) is 26.9 Å². The third-order valence-electron chi connectivity index (χ3n) is 3.49. The second-order valence-electron chi connectivity index (χ2n) is 5.26. The van der Waals surface area contributed by atoms with Crippen molar-refractivity contribution in [1.82, 2.24) is 10.0 Å². The summed E-state index contributed by atoms with van der Waals surface area (Å²) in [6.45, 7) is 4.16. The number of carbonyl (C=O) groups is 1. The maximum Gasteiger partial charge on any atom is 0.241 e. The van der Waals surface area contributed by atoms with Crippen molar-refractivity contribution in [3.05, 3.63) is 29.3 Å². The van der Waals surface area contributed by atoms with E-state index in [1.807, 2.05) is 19.1 Å². The van der Waals surface area contributed by atoms with Gasteiger partial charge < -0.3 is 5.32 Å². The number of nitrogens with one attached hydrogen (secondary N) is 2. The molecule has 0 radical (unpaired) electrons. The number of sulfonamides is 1. The summed E-state index contributed by atoms with van der Waals surface area (Å²) in [5.74, 6) is -0.0153. The van der Waals surface area contributed by atoms with Crippen LogP contribution in [0.5, 0.6) is 0 Å². The summed E-state index contributed by atoms with van der Waals surface area (Å²) >= 11 is 0. The molecule has 0 aliphatic carbocycles. The zero-order valence-corrected chi connectivity index (χ0v) is 12.6. The third-order valence-corrected chi connectivity index (χ3v) is 5.15. The summed E-state index contributed by atoms with van der Waals surface area (Å²) in [4.78, 5) is 11.6. The Morgan fingerprint density at radius 3 is 2.75 bits per heavy atom. The van der Waals surface area contributed by atoms with Crippen molar-refractivity contribution in [3.8, 4) is 0 Å². The normalized spacial score (nSPS) is 20.3. The molecule has 1 aromatic carbocycles. The molecule has 0 aromatic heterocycles. The van der Waals surface area contributed by atoms with Crippen LogP contribution in [-0.2, 0) is 14.8 Å². The molecule has 1 aromatic rings. The standard InChI is InChI=1S/C14H20N2O3S/c1-10-3-4-11(2)13(9-10)20(18,19)16-12-5-6-14(17)15-8-7-12/h3-4,9,12,16H,5-8H2,1-2H3,(H,15,17). The second kappa shape index (κ2) is 5.93. The molecule has 1 aliphatic rings. The number of amides is 1. The fourth-order valence-electron chi connectivity index (χ4n) is 2.32. The van der Waals surface area contributed by atoms with Crippen LogP contribution in [0.25, 0.3) is 0 Å². The SMILES string of the molecule is Cc1ccc(C)c(S(=O)(=O)NC2CCNC(=O)CC2)c1. The van der Waals surface area contributed by atoms with E-state index in [2.05, 4.69) is 10.0 Å². The maximum absolute atomic E-state index is 12.5. The first-order chi connectivity index (χ1) is 9.38. The van der Waals surface area contributed by atoms with Gasteiger partial charge in [0.05, 0.1) is 4.90 Å². The van der Waals surface area contributed by atoms with E-state index < -0.39 is 10.0 Å². The number of hydrogen-bond donors (Lipinski definition) is 2. The molecule has 0 bridgehead atoms. The molecule has 1 aliphatic heterocycles. The Hall–Kier alpha value is -1.40. The fourth-order valence-corrected chi connectivity index (χ4v) is 3.96. The highest BCUT2D eigenvalue weighted by atomic mass is 32.2. The molecule has 1 atom stereocenters. The zero-order valence-electron chi connectivity index (χ0n) is 11.8. The average molecular weight is 296 g/mol. The lowest BCUT2D eigenvalue weighted by Crippen LogP contribution is -2.35. The summed E-state index contributed by atoms with van der Waals surface area (Å²) in [6, 6.07) is 5.18. The molecule has 6 heteroatoms. The van der Waals surface area contributed by atoms with Crippen LogP contribution in [0.15, 0.2) is 23.1 Å². The fraction of sp³-hybridized carbons (Fsp3) is 0.500. The molecule has 20 heavy (non-hydrogen) atoms. The topological polar surface area (TPSA) is 75.3 Å². The molecule has 0 spiro atoms. The van der Waals surface area contributed by atoms with E-state index in [1.165, 1.54) is 0 Å². The summed E-state index contributed by atoms with van der Waals surface area (Å²) in [7, 11) is -3.54. The van der Waals surface area contributed by atoms with Gasteiger partial charge in [0.25, 0.3) is 0 Å². The van der Waals surface area contributed by atoms with Crippen LogP contribution in [0.2, 0.25) is 0 Å². The third kappa shape index (κ3) is 3.58. The van der Waals surface area contributed by atoms with Crippen LogP contribution < -0.4 is 10.0 Å². The van der Waals surface area contributed by atoms with Crippen molar-refractivity contribution in [2.24, 2.45) is 0 Å². The Bertz CT molecular complexity index is 611. The van der Waals surface area contributed by atoms with Gasteiger partial charge in [-0.05, 0) is 43.9 Å². The van der Waals surface area contributed by atoms with Gasteiger partial charge in [-0.15, -0.1) is 0 Å². The Labute approximate surface area is 119 Å². The molecule has 110 valence electrons. The Morgan fingerprint density at radius 2 is 2.00 bits per heavy atom. The highest BCUT2D eigenvalue weighted by molar-refractivity contribution is 7.89. The van der Waals surface area contributed by atoms with Crippen molar-refractivity contribution in [3.63, 3.8) is 0 Å². The van der Waals surface area contributed by atoms with Crippen LogP contribution >= 0.6 is 0 Å². The van der Waals surface area contributed by atoms with Crippen LogP contribution in [0.3, 0.4) is 0 Å². The molecule has 1 fully saturated rings. The Kier molecular flexibility index (Phi) is 4.45. The van der Waals surface area contributed by atoms with Crippen LogP contribution in [0.4, 0.5) is 0 Å². The van der Waals surface area contributed by atoms with Gasteiger partial charge in [-0.25, -0.2) is 13.1 Å². The van der Waals surface area contributed by atoms with Gasteiger partial charge in [-0.3, -0.25) is 4.79 Å². The highest BCUT2D eigenvalue weighted by Gasteiger charge is 2.24. The van der Waals surface area contributed by atoms with E-state index in [0.717, 1.165) is 11.1 Å². The van der Waals surface area contributed by atoms with E-state index >= 15 is 0 Å².